The molecule has 14 nitrogen and oxygen atoms in total. The van der Waals surface area contributed by atoms with Crippen LogP contribution in [0.1, 0.15) is 70.6 Å². The summed E-state index contributed by atoms with van der Waals surface area (Å²) in [6, 6.07) is 9.77. The summed E-state index contributed by atoms with van der Waals surface area (Å²) in [5.41, 5.74) is 5.33. The fraction of sp³-hybridized carbons (Fsp3) is 0.565. The minimum absolute atomic E-state index is 0.0309. The SMILES string of the molecule is CCn1c(-c2cccnc2[C@@](C)([Si])OC)c2c3cc(ccc31)-c1csc(n1)C[C@]1(C(=O)N3CCC[C@@H](C(=O)OCC(C)(C)C2)C2SN23)C2[Si]C21NC(=O)[C@H](C(C)C)N1CCN(C)C1=O. The summed E-state index contributed by atoms with van der Waals surface area (Å²) >= 11 is 3.06. The highest BCUT2D eigenvalue weighted by Gasteiger charge is 2.94. The van der Waals surface area contributed by atoms with Crippen LogP contribution < -0.4 is 5.32 Å². The van der Waals surface area contributed by atoms with Gasteiger partial charge in [-0.15, -0.1) is 15.8 Å². The number of nitrogens with zero attached hydrogens (tertiary/aromatic N) is 7. The third kappa shape index (κ3) is 6.82. The number of aromatic nitrogens is 3. The Labute approximate surface area is 388 Å². The van der Waals surface area contributed by atoms with Crippen LogP contribution >= 0.6 is 23.3 Å². The van der Waals surface area contributed by atoms with Gasteiger partial charge in [0, 0.05) is 90.9 Å². The summed E-state index contributed by atoms with van der Waals surface area (Å²) in [6.07, 6.45) is 4.03. The molecule has 5 aliphatic heterocycles. The fourth-order valence-corrected chi connectivity index (χ4v) is 15.0. The van der Waals surface area contributed by atoms with Crippen LogP contribution in [0.2, 0.25) is 5.54 Å². The molecule has 18 heteroatoms. The van der Waals surface area contributed by atoms with Crippen molar-refractivity contribution in [3.63, 3.8) is 0 Å². The highest BCUT2D eigenvalue weighted by Crippen LogP contribution is 2.81. The molecule has 3 aromatic heterocycles. The van der Waals surface area contributed by atoms with Crippen molar-refractivity contribution < 1.29 is 28.7 Å². The van der Waals surface area contributed by atoms with Gasteiger partial charge in [-0.05, 0) is 86.3 Å². The maximum Gasteiger partial charge on any atom is 0.320 e. The predicted molar refractivity (Wildman–Crippen MR) is 248 cm³/mol. The number of hydrazine groups is 1. The quantitative estimate of drug-likeness (QED) is 0.102. The van der Waals surface area contributed by atoms with Crippen LogP contribution in [-0.4, -0.2) is 134 Å². The van der Waals surface area contributed by atoms with Crippen LogP contribution in [-0.2, 0) is 48.5 Å². The molecule has 1 aliphatic carbocycles. The van der Waals surface area contributed by atoms with E-state index in [9.17, 15) is 14.4 Å². The molecular formula is C46H55N8O6S2Si2. The summed E-state index contributed by atoms with van der Waals surface area (Å²) in [5, 5.41) is 7.47. The molecule has 5 fully saturated rings. The molecule has 1 saturated carbocycles. The van der Waals surface area contributed by atoms with E-state index in [1.807, 2.05) is 36.3 Å². The summed E-state index contributed by atoms with van der Waals surface area (Å²) in [7, 11) is 7.68. The zero-order valence-corrected chi connectivity index (χ0v) is 41.3. The highest BCUT2D eigenvalue weighted by molar-refractivity contribution is 8.03. The number of hydrogen-bond donors (Lipinski definition) is 1. The zero-order valence-electron chi connectivity index (χ0n) is 37.7. The number of pyridine rings is 1. The Morgan fingerprint density at radius 2 is 1.95 bits per heavy atom. The van der Waals surface area contributed by atoms with Gasteiger partial charge < -0.3 is 29.2 Å². The number of fused-ring (bicyclic) bond motifs is 7. The lowest BCUT2D eigenvalue weighted by Gasteiger charge is -2.34. The Bertz CT molecular complexity index is 2600. The molecule has 4 aromatic rings. The molecule has 64 heavy (non-hydrogen) atoms. The third-order valence-electron chi connectivity index (χ3n) is 14.4. The second kappa shape index (κ2) is 15.5. The zero-order chi connectivity index (χ0) is 45.2. The van der Waals surface area contributed by atoms with Crippen LogP contribution in [0.5, 0.6) is 0 Å². The maximum atomic E-state index is 15.3. The van der Waals surface area contributed by atoms with E-state index in [-0.39, 0.29) is 47.3 Å². The van der Waals surface area contributed by atoms with Crippen molar-refractivity contribution in [2.45, 2.75) is 101 Å². The van der Waals surface area contributed by atoms with Gasteiger partial charge in [0.15, 0.2) is 0 Å². The first-order valence-electron chi connectivity index (χ1n) is 22.4. The normalized spacial score (nSPS) is 29.8. The van der Waals surface area contributed by atoms with E-state index in [2.05, 4.69) is 70.5 Å². The van der Waals surface area contributed by atoms with Gasteiger partial charge in [0.2, 0.25) is 11.8 Å². The minimum Gasteiger partial charge on any atom is -0.465 e. The third-order valence-corrected chi connectivity index (χ3v) is 19.0. The Morgan fingerprint density at radius 3 is 2.66 bits per heavy atom. The molecule has 1 spiro atoms. The lowest BCUT2D eigenvalue weighted by atomic mass is 9.84. The second-order valence-electron chi connectivity index (χ2n) is 19.6. The van der Waals surface area contributed by atoms with Crippen molar-refractivity contribution in [3.8, 4) is 22.5 Å². The van der Waals surface area contributed by atoms with E-state index in [1.54, 1.807) is 41.5 Å². The van der Waals surface area contributed by atoms with E-state index in [1.165, 1.54) is 11.9 Å². The van der Waals surface area contributed by atoms with E-state index >= 15 is 4.79 Å². The molecule has 4 unspecified atom stereocenters. The van der Waals surface area contributed by atoms with Crippen molar-refractivity contribution in [2.75, 3.05) is 40.4 Å². The topological polar surface area (TPSA) is 142 Å². The van der Waals surface area contributed by atoms with Gasteiger partial charge in [0.1, 0.15) is 11.4 Å². The van der Waals surface area contributed by atoms with Gasteiger partial charge >= 0.3 is 12.0 Å². The van der Waals surface area contributed by atoms with Crippen LogP contribution in [0, 0.1) is 22.7 Å². The molecule has 10 rings (SSSR count). The van der Waals surface area contributed by atoms with Gasteiger partial charge in [-0.25, -0.2) is 9.78 Å². The van der Waals surface area contributed by atoms with Gasteiger partial charge in [-0.2, -0.15) is 0 Å². The summed E-state index contributed by atoms with van der Waals surface area (Å²) in [4.78, 5) is 70.5. The maximum absolute atomic E-state index is 15.3. The Balaban J connectivity index is 1.07. The smallest absolute Gasteiger partial charge is 0.320 e. The molecule has 4 saturated heterocycles. The van der Waals surface area contributed by atoms with E-state index < -0.39 is 33.2 Å². The van der Waals surface area contributed by atoms with Gasteiger partial charge in [0.25, 0.3) is 0 Å². The number of benzene rings is 1. The molecule has 1 N–H and O–H groups in total. The molecule has 8 atom stereocenters. The lowest BCUT2D eigenvalue weighted by Crippen LogP contribution is -2.57. The molecule has 4 amide bonds. The molecule has 1 aromatic carbocycles. The molecule has 6 aliphatic rings. The van der Waals surface area contributed by atoms with Gasteiger partial charge in [-0.3, -0.25) is 24.4 Å². The van der Waals surface area contributed by atoms with E-state index in [0.717, 1.165) is 49.7 Å². The van der Waals surface area contributed by atoms with Crippen molar-refractivity contribution in [1.29, 1.82) is 0 Å². The number of urea groups is 1. The van der Waals surface area contributed by atoms with Crippen LogP contribution in [0.25, 0.3) is 33.4 Å². The molecular weight excluding hydrogens is 881 g/mol. The standard InChI is InChI=1S/C46H55N8O6S2Si2/c1-9-51-32-15-14-26-20-29(32)30(35(51)27-12-10-16-47-36(27)44(6,63)59-8)21-43(4,5)24-60-39(56)28-13-11-17-53(54-38(28)62-54)41(57)45(22-33-48-31(26)23-61-33)40-46(45,64-40)49-37(55)34(25(2)3)52-19-18-50(7)42(52)58/h10,12,14-16,20,23,25,28,34,38,40H,9,11,13,17-19,21-22,24H2,1-8H3,(H,49,55)/t28-,34+,38?,40?,44-,45-,46?,54?/m1/s1. The molecule has 8 heterocycles. The lowest BCUT2D eigenvalue weighted by molar-refractivity contribution is -0.154. The number of rotatable bonds is 8. The van der Waals surface area contributed by atoms with Crippen molar-refractivity contribution in [2.24, 2.45) is 22.7 Å². The summed E-state index contributed by atoms with van der Waals surface area (Å²) < 4.78 is 16.6. The first-order valence-corrected chi connectivity index (χ1v) is 25.7. The summed E-state index contributed by atoms with van der Waals surface area (Å²) in [5.74, 6) is -1.00. The number of esters is 1. The first kappa shape index (κ1) is 43.8. The van der Waals surface area contributed by atoms with Crippen molar-refractivity contribution >= 4 is 77.8 Å². The fourth-order valence-electron chi connectivity index (χ4n) is 10.7. The number of hydrogen-bond acceptors (Lipinski definition) is 11. The van der Waals surface area contributed by atoms with Crippen molar-refractivity contribution in [1.82, 2.24) is 39.1 Å². The first-order chi connectivity index (χ1) is 30.5. The predicted octanol–water partition coefficient (Wildman–Crippen LogP) is 5.66. The number of methoxy groups -OCH3 is 1. The van der Waals surface area contributed by atoms with E-state index in [4.69, 9.17) is 19.4 Å². The van der Waals surface area contributed by atoms with Gasteiger partial charge in [-0.1, -0.05) is 33.8 Å². The number of ether oxygens (including phenoxy) is 2. The second-order valence-corrected chi connectivity index (χ2v) is 24.2. The highest BCUT2D eigenvalue weighted by atomic mass is 32.2. The van der Waals surface area contributed by atoms with Crippen LogP contribution in [0.3, 0.4) is 0 Å². The summed E-state index contributed by atoms with van der Waals surface area (Å²) in [6.45, 7) is 14.8. The molecule has 335 valence electrons. The van der Waals surface area contributed by atoms with Gasteiger partial charge in [0.05, 0.1) is 65.0 Å². The average molecular weight is 936 g/mol. The number of nitrogens with one attached hydrogen (secondary N) is 1. The molecule has 5 radical (unpaired) electrons. The Kier molecular flexibility index (Phi) is 10.6. The van der Waals surface area contributed by atoms with Crippen molar-refractivity contribution in [3.05, 3.63) is 58.2 Å². The number of aryl methyl sites for hydroxylation is 1. The number of thiazole rings is 1. The number of likely N-dealkylation sites (N-methyl/N-ethyl adjacent to an activating group) is 1. The largest absolute Gasteiger partial charge is 0.465 e. The number of amides is 4. The molecule has 6 bridgehead atoms. The minimum atomic E-state index is -0.900. The van der Waals surface area contributed by atoms with Crippen LogP contribution in [0.4, 0.5) is 4.79 Å². The van der Waals surface area contributed by atoms with Crippen LogP contribution in [0.15, 0.2) is 41.9 Å². The Hall–Kier alpha value is -4.08. The number of carbonyl (C=O) groups is 4. The Morgan fingerprint density at radius 1 is 1.16 bits per heavy atom. The average Bonchev–Trinajstić information content (AvgIpc) is 4.18. The number of cyclic esters (lactones) is 1. The number of carbonyl (C=O) groups excluding carboxylic acids is 4. The monoisotopic (exact) mass is 935 g/mol. The van der Waals surface area contributed by atoms with E-state index in [0.29, 0.717) is 61.4 Å².